The minimum atomic E-state index is -1.49. The number of aldehydes is 1. The lowest BCUT2D eigenvalue weighted by atomic mass is 9.55. The first kappa shape index (κ1) is 54.7. The van der Waals surface area contributed by atoms with Gasteiger partial charge in [-0.05, 0) is 101 Å². The number of carbonyl (C=O) groups is 2. The summed E-state index contributed by atoms with van der Waals surface area (Å²) in [6.45, 7) is 12.8. The Morgan fingerprint density at radius 1 is 0.868 bits per heavy atom. The van der Waals surface area contributed by atoms with Gasteiger partial charge in [0.2, 0.25) is 5.79 Å². The molecule has 6 atom stereocenters. The van der Waals surface area contributed by atoms with E-state index < -0.39 is 29.4 Å². The van der Waals surface area contributed by atoms with E-state index >= 15 is 0 Å². The molecule has 3 N–H and O–H groups in total. The smallest absolute Gasteiger partial charge is 0.410 e. The highest BCUT2D eigenvalue weighted by Gasteiger charge is 2.65. The fourth-order valence-electron chi connectivity index (χ4n) is 10.2. The van der Waals surface area contributed by atoms with Gasteiger partial charge in [-0.1, -0.05) is 107 Å². The second kappa shape index (κ2) is 28.4. The first-order valence-corrected chi connectivity index (χ1v) is 25.7. The van der Waals surface area contributed by atoms with Crippen LogP contribution in [0.15, 0.2) is 71.9 Å². The van der Waals surface area contributed by atoms with E-state index in [0.717, 1.165) is 62.4 Å². The zero-order chi connectivity index (χ0) is 48.8. The van der Waals surface area contributed by atoms with E-state index in [9.17, 15) is 24.9 Å². The maximum Gasteiger partial charge on any atom is 0.410 e. The summed E-state index contributed by atoms with van der Waals surface area (Å²) < 4.78 is 32.9. The van der Waals surface area contributed by atoms with Crippen molar-refractivity contribution in [2.75, 3.05) is 52.8 Å². The maximum atomic E-state index is 14.8. The number of carbonyl (C=O) groups excluding carboxylic acids is 2. The lowest BCUT2D eigenvalue weighted by Gasteiger charge is -2.60. The Morgan fingerprint density at radius 2 is 1.57 bits per heavy atom. The topological polar surface area (TPSA) is 166 Å². The fourth-order valence-corrected chi connectivity index (χ4v) is 10.2. The van der Waals surface area contributed by atoms with Gasteiger partial charge < -0.3 is 43.8 Å². The first-order chi connectivity index (χ1) is 33.0. The molecule has 0 aromatic heterocycles. The third-order valence-corrected chi connectivity index (χ3v) is 13.4. The molecule has 1 heterocycles. The quantitative estimate of drug-likeness (QED) is 0.0277. The van der Waals surface area contributed by atoms with Gasteiger partial charge in [0.15, 0.2) is 0 Å². The third-order valence-electron chi connectivity index (χ3n) is 13.4. The molecule has 13 heteroatoms. The second-order valence-electron chi connectivity index (χ2n) is 19.6. The number of benzene rings is 2. The number of ether oxygens (including phenoxy) is 5. The lowest BCUT2D eigenvalue weighted by Crippen LogP contribution is -2.70. The molecule has 2 aliphatic carbocycles. The molecule has 2 aromatic rings. The van der Waals surface area contributed by atoms with Crippen LogP contribution in [0.5, 0.6) is 17.2 Å². The van der Waals surface area contributed by atoms with Crippen molar-refractivity contribution in [2.45, 2.75) is 160 Å². The molecule has 0 saturated heterocycles. The molecule has 0 radical (unpaired) electrons. The number of aliphatic hydroxyl groups is 3. The average molecular weight is 947 g/mol. The van der Waals surface area contributed by atoms with Gasteiger partial charge >= 0.3 is 6.09 Å². The van der Waals surface area contributed by atoms with Gasteiger partial charge in [0.05, 0.1) is 44.7 Å². The predicted molar refractivity (Wildman–Crippen MR) is 266 cm³/mol. The normalized spacial score (nSPS) is 22.4. The Morgan fingerprint density at radius 3 is 2.25 bits per heavy atom. The number of nitrogens with zero attached hydrogens (tertiary/aromatic N) is 2. The van der Waals surface area contributed by atoms with Crippen LogP contribution in [-0.2, 0) is 19.0 Å². The molecule has 0 bridgehead atoms. The predicted octanol–water partition coefficient (Wildman–Crippen LogP) is 11.1. The summed E-state index contributed by atoms with van der Waals surface area (Å²) >= 11 is 0. The third kappa shape index (κ3) is 15.4. The zero-order valence-electron chi connectivity index (χ0n) is 41.5. The number of hydrogen-bond donors (Lipinski definition) is 3. The number of unbranched alkanes of at least 4 members (excludes halogenated alkanes) is 11. The van der Waals surface area contributed by atoms with E-state index in [2.05, 4.69) is 19.6 Å². The second-order valence-corrected chi connectivity index (χ2v) is 19.6. The molecule has 5 rings (SSSR count). The van der Waals surface area contributed by atoms with Crippen LogP contribution in [0.1, 0.15) is 159 Å². The number of oxime groups is 1. The minimum absolute atomic E-state index is 0.00477. The first-order valence-electron chi connectivity index (χ1n) is 25.7. The summed E-state index contributed by atoms with van der Waals surface area (Å²) in [6, 6.07) is 12.0. The van der Waals surface area contributed by atoms with E-state index in [1.807, 2.05) is 45.0 Å². The molecule has 68 heavy (non-hydrogen) atoms. The van der Waals surface area contributed by atoms with Gasteiger partial charge in [-0.3, -0.25) is 9.69 Å². The van der Waals surface area contributed by atoms with Crippen LogP contribution in [-0.4, -0.2) is 109 Å². The molecule has 1 aliphatic heterocycles. The Bertz CT molecular complexity index is 1910. The van der Waals surface area contributed by atoms with Crippen molar-refractivity contribution < 1.29 is 53.4 Å². The van der Waals surface area contributed by atoms with Crippen LogP contribution >= 0.6 is 0 Å². The number of hydrogen-bond acceptors (Lipinski definition) is 12. The molecule has 0 spiro atoms. The van der Waals surface area contributed by atoms with Crippen molar-refractivity contribution in [3.05, 3.63) is 77.9 Å². The Kier molecular flexibility index (Phi) is 22.8. The molecular weight excluding hydrogens is 865 g/mol. The monoisotopic (exact) mass is 947 g/mol. The van der Waals surface area contributed by atoms with E-state index in [-0.39, 0.29) is 77.0 Å². The largest absolute Gasteiger partial charge is 0.459 e. The fraction of sp³-hybridized carbons (Fsp3) is 0.655. The van der Waals surface area contributed by atoms with Crippen molar-refractivity contribution in [2.24, 2.45) is 22.9 Å². The number of allylic oxidation sites excluding steroid dienone is 1. The lowest BCUT2D eigenvalue weighted by molar-refractivity contribution is -0.256. The molecule has 3 aliphatic rings. The van der Waals surface area contributed by atoms with E-state index in [1.54, 1.807) is 29.2 Å². The van der Waals surface area contributed by atoms with E-state index in [0.29, 0.717) is 41.4 Å². The number of rotatable bonds is 32. The van der Waals surface area contributed by atoms with Gasteiger partial charge in [0, 0.05) is 43.2 Å². The highest BCUT2D eigenvalue weighted by atomic mass is 16.7. The van der Waals surface area contributed by atoms with Crippen LogP contribution in [0.25, 0.3) is 0 Å². The summed E-state index contributed by atoms with van der Waals surface area (Å²) in [4.78, 5) is 34.4. The Labute approximate surface area is 406 Å². The van der Waals surface area contributed by atoms with Crippen molar-refractivity contribution >= 4 is 18.1 Å². The molecule has 1 saturated carbocycles. The van der Waals surface area contributed by atoms with Gasteiger partial charge in [0.25, 0.3) is 0 Å². The molecule has 13 nitrogen and oxygen atoms in total. The molecule has 2 aromatic carbocycles. The average Bonchev–Trinajstić information content (AvgIpc) is 3.33. The van der Waals surface area contributed by atoms with Crippen LogP contribution in [0.3, 0.4) is 0 Å². The van der Waals surface area contributed by atoms with Gasteiger partial charge in [-0.2, -0.15) is 0 Å². The van der Waals surface area contributed by atoms with Crippen molar-refractivity contribution in [1.29, 1.82) is 0 Å². The molecular formula is C55H82N2O11. The van der Waals surface area contributed by atoms with Crippen molar-refractivity contribution in [3.8, 4) is 17.2 Å². The Hall–Kier alpha value is -4.27. The van der Waals surface area contributed by atoms with Gasteiger partial charge in [-0.15, -0.1) is 6.58 Å². The molecule has 1 fully saturated rings. The van der Waals surface area contributed by atoms with Crippen LogP contribution < -0.4 is 9.47 Å². The highest BCUT2D eigenvalue weighted by molar-refractivity contribution is 6.03. The van der Waals surface area contributed by atoms with E-state index in [4.69, 9.17) is 33.7 Å². The van der Waals surface area contributed by atoms with Crippen molar-refractivity contribution in [3.63, 3.8) is 0 Å². The summed E-state index contributed by atoms with van der Waals surface area (Å²) in [5, 5.41) is 34.6. The van der Waals surface area contributed by atoms with Gasteiger partial charge in [0.1, 0.15) is 35.2 Å². The summed E-state index contributed by atoms with van der Waals surface area (Å²) in [7, 11) is 0. The van der Waals surface area contributed by atoms with Crippen LogP contribution in [0, 0.1) is 17.8 Å². The minimum Gasteiger partial charge on any atom is -0.459 e. The van der Waals surface area contributed by atoms with Crippen LogP contribution in [0.4, 0.5) is 4.79 Å². The highest BCUT2D eigenvalue weighted by Crippen LogP contribution is 2.62. The number of aliphatic hydroxyl groups excluding tert-OH is 3. The standard InChI is InChI=1S/C55H82N2O11/c1-6-8-9-10-11-12-13-14-15-20-33-64-53(62)57(28-34-63-35-31-60)50-39-48(56-68-54(3,4)5)46-37-42(23-16-18-29-58)45(25-17-19-30-59)51-47-38-44(66-43-24-21-22-41(36-43)40-61)26-27-49(47)67-55(50,52(46)51)65-32-7-2/h7,21-22,24,26-27,36-38,40,42,45,50-52,58-60H,2,6,8-20,23,25,28-35,39H2,1,3-5H3/t42-,45+,50-,51+,52+,55+/m0/s1. The summed E-state index contributed by atoms with van der Waals surface area (Å²) in [5.74, 6) is -0.591. The zero-order valence-corrected chi connectivity index (χ0v) is 41.5. The molecule has 1 amide bonds. The summed E-state index contributed by atoms with van der Waals surface area (Å²) in [5.41, 5.74) is 2.36. The van der Waals surface area contributed by atoms with Crippen molar-refractivity contribution in [1.82, 2.24) is 4.90 Å². The van der Waals surface area contributed by atoms with Gasteiger partial charge in [-0.25, -0.2) is 4.79 Å². The van der Waals surface area contributed by atoms with E-state index in [1.165, 1.54) is 44.9 Å². The number of fused-ring (bicyclic) bond motifs is 2. The SMILES string of the molecule is C=CCO[C@@]12Oc3ccc(Oc4cccc(C=O)c4)cc3[C@H]3[C@H](CCCCO)[C@@H](CCCCO)C=C(C(=NOC(C)(C)C)C[C@@H]1N(CCOCCO)C(=O)OCCCCCCCCCCCC)[C@H]32. The summed E-state index contributed by atoms with van der Waals surface area (Å²) in [6.07, 6.45) is 20.5. The molecule has 378 valence electrons. The number of amides is 1. The maximum absolute atomic E-state index is 14.8. The van der Waals surface area contributed by atoms with Crippen LogP contribution in [0.2, 0.25) is 0 Å². The Balaban J connectivity index is 1.63. The molecule has 0 unspecified atom stereocenters.